The minimum atomic E-state index is -0.706. The second-order valence-electron chi connectivity index (χ2n) is 7.20. The summed E-state index contributed by atoms with van der Waals surface area (Å²) >= 11 is 1.27. The number of aryl methyl sites for hydroxylation is 1. The van der Waals surface area contributed by atoms with Crippen LogP contribution in [0.4, 0.5) is 10.1 Å². The van der Waals surface area contributed by atoms with Gasteiger partial charge in [0.25, 0.3) is 5.91 Å². The van der Waals surface area contributed by atoms with Crippen LogP contribution in [0.3, 0.4) is 0 Å². The van der Waals surface area contributed by atoms with Gasteiger partial charge in [-0.1, -0.05) is 30.0 Å². The molecule has 1 amide bonds. The molecule has 1 unspecified atom stereocenters. The number of carbonyl (C=O) groups excluding carboxylic acids is 2. The zero-order valence-corrected chi connectivity index (χ0v) is 17.3. The Kier molecular flexibility index (Phi) is 4.74. The summed E-state index contributed by atoms with van der Waals surface area (Å²) in [4.78, 5) is 32.2. The highest BCUT2D eigenvalue weighted by atomic mass is 32.2. The molecule has 3 aromatic rings. The van der Waals surface area contributed by atoms with Crippen LogP contribution < -0.4 is 10.3 Å². The Morgan fingerprint density at radius 3 is 2.74 bits per heavy atom. The topological polar surface area (TPSA) is 80.8 Å². The van der Waals surface area contributed by atoms with Crippen LogP contribution in [0.1, 0.15) is 16.1 Å². The number of H-pyrrole nitrogens is 1. The summed E-state index contributed by atoms with van der Waals surface area (Å²) < 4.78 is 13.2. The Balaban J connectivity index is 1.30. The standard InChI is InChI=1S/C22H18FN5O2S/c1-13-19(16-4-2-3-5-17(16)24-13)18(29)12-31-22-26-25-20-21(30)27(10-11-28(20)22)15-8-6-14(23)7-9-15/h2-11,20,24-25H,12H2,1H3. The molecule has 2 aliphatic rings. The molecule has 0 aliphatic carbocycles. The number of carbonyl (C=O) groups is 2. The van der Waals surface area contributed by atoms with Crippen molar-refractivity contribution in [2.45, 2.75) is 13.1 Å². The number of hydrogen-bond donors (Lipinski definition) is 2. The van der Waals surface area contributed by atoms with Gasteiger partial charge in [-0.15, -0.1) is 0 Å². The third-order valence-corrected chi connectivity index (χ3v) is 6.21. The number of anilines is 1. The quantitative estimate of drug-likeness (QED) is 0.613. The molecule has 0 radical (unpaired) electrons. The van der Waals surface area contributed by atoms with Crippen molar-refractivity contribution in [3.8, 4) is 0 Å². The lowest BCUT2D eigenvalue weighted by Crippen LogP contribution is -2.52. The normalized spacial score (nSPS) is 17.7. The van der Waals surface area contributed by atoms with Gasteiger partial charge < -0.3 is 4.98 Å². The highest BCUT2D eigenvalue weighted by Gasteiger charge is 2.38. The van der Waals surface area contributed by atoms with Gasteiger partial charge in [0.15, 0.2) is 11.0 Å². The van der Waals surface area contributed by atoms with Gasteiger partial charge in [-0.3, -0.25) is 24.8 Å². The fourth-order valence-electron chi connectivity index (χ4n) is 3.77. The minimum absolute atomic E-state index is 0.00801. The number of fused-ring (bicyclic) bond motifs is 2. The van der Waals surface area contributed by atoms with Crippen LogP contribution in [-0.4, -0.2) is 38.7 Å². The highest BCUT2D eigenvalue weighted by Crippen LogP contribution is 2.28. The first-order valence-electron chi connectivity index (χ1n) is 9.65. The summed E-state index contributed by atoms with van der Waals surface area (Å²) in [5, 5.41) is 5.69. The van der Waals surface area contributed by atoms with E-state index in [2.05, 4.69) is 15.5 Å². The lowest BCUT2D eigenvalue weighted by molar-refractivity contribution is -0.122. The number of nitrogens with zero attached hydrogens (tertiary/aromatic N) is 3. The van der Waals surface area contributed by atoms with Gasteiger partial charge in [0, 0.05) is 40.2 Å². The molecule has 1 atom stereocenters. The summed E-state index contributed by atoms with van der Waals surface area (Å²) in [5.41, 5.74) is 5.83. The number of aromatic amines is 1. The molecular weight excluding hydrogens is 417 g/mol. The number of ketones is 1. The molecule has 31 heavy (non-hydrogen) atoms. The number of amidine groups is 1. The number of Topliss-reactive ketones (excluding diaryl/α,β-unsaturated/α-hetero) is 1. The Hall–Kier alpha value is -3.59. The number of aromatic nitrogens is 1. The van der Waals surface area contributed by atoms with Crippen LogP contribution in [0.15, 0.2) is 66.0 Å². The van der Waals surface area contributed by atoms with Crippen LogP contribution in [0.5, 0.6) is 0 Å². The van der Waals surface area contributed by atoms with E-state index in [-0.39, 0.29) is 23.3 Å². The van der Waals surface area contributed by atoms with E-state index in [1.54, 1.807) is 29.4 Å². The number of halogens is 1. The molecule has 0 spiro atoms. The molecule has 0 bridgehead atoms. The molecule has 3 heterocycles. The Bertz CT molecular complexity index is 1250. The zero-order chi connectivity index (χ0) is 21.5. The smallest absolute Gasteiger partial charge is 0.276 e. The largest absolute Gasteiger partial charge is 0.358 e. The zero-order valence-electron chi connectivity index (χ0n) is 16.5. The molecule has 2 aromatic carbocycles. The monoisotopic (exact) mass is 435 g/mol. The van der Waals surface area contributed by atoms with Crippen LogP contribution in [0.25, 0.3) is 10.9 Å². The van der Waals surface area contributed by atoms with Crippen molar-refractivity contribution in [3.63, 3.8) is 0 Å². The fourth-order valence-corrected chi connectivity index (χ4v) is 4.61. The Labute approximate surface area is 181 Å². The molecule has 5 rings (SSSR count). The summed E-state index contributed by atoms with van der Waals surface area (Å²) in [6.45, 7) is 1.89. The van der Waals surface area contributed by atoms with E-state index in [1.807, 2.05) is 31.2 Å². The van der Waals surface area contributed by atoms with Gasteiger partial charge >= 0.3 is 0 Å². The minimum Gasteiger partial charge on any atom is -0.358 e. The van der Waals surface area contributed by atoms with E-state index < -0.39 is 6.17 Å². The van der Waals surface area contributed by atoms with Gasteiger partial charge in [0.2, 0.25) is 6.17 Å². The van der Waals surface area contributed by atoms with E-state index in [0.29, 0.717) is 16.4 Å². The first-order valence-corrected chi connectivity index (χ1v) is 10.6. The maximum atomic E-state index is 13.2. The number of hydrogen-bond acceptors (Lipinski definition) is 6. The SMILES string of the molecule is Cc1[nH]c2ccccc2c1C(=O)CSC1=NNC2C(=O)N(c3ccc(F)cc3)C=CN12. The predicted octanol–water partition coefficient (Wildman–Crippen LogP) is 3.55. The van der Waals surface area contributed by atoms with Crippen molar-refractivity contribution in [3.05, 3.63) is 78.0 Å². The van der Waals surface area contributed by atoms with Crippen molar-refractivity contribution < 1.29 is 14.0 Å². The number of hydrazone groups is 1. The second-order valence-corrected chi connectivity index (χ2v) is 8.14. The van der Waals surface area contributed by atoms with Crippen LogP contribution in [0, 0.1) is 12.7 Å². The molecule has 2 N–H and O–H groups in total. The molecule has 1 aromatic heterocycles. The van der Waals surface area contributed by atoms with Crippen LogP contribution >= 0.6 is 11.8 Å². The van der Waals surface area contributed by atoms with Crippen molar-refractivity contribution in [2.24, 2.45) is 5.10 Å². The lowest BCUT2D eigenvalue weighted by atomic mass is 10.1. The first kappa shape index (κ1) is 19.4. The number of para-hydroxylation sites is 1. The Morgan fingerprint density at radius 1 is 1.16 bits per heavy atom. The highest BCUT2D eigenvalue weighted by molar-refractivity contribution is 8.14. The first-order chi connectivity index (χ1) is 15.0. The summed E-state index contributed by atoms with van der Waals surface area (Å²) in [6.07, 6.45) is 2.63. The molecular formula is C22H18FN5O2S. The number of thioether (sulfide) groups is 1. The van der Waals surface area contributed by atoms with Crippen molar-refractivity contribution in [1.82, 2.24) is 15.3 Å². The fraction of sp³-hybridized carbons (Fsp3) is 0.136. The van der Waals surface area contributed by atoms with Crippen LogP contribution in [0.2, 0.25) is 0 Å². The maximum Gasteiger partial charge on any atom is 0.276 e. The molecule has 0 saturated heterocycles. The summed E-state index contributed by atoms with van der Waals surface area (Å²) in [6, 6.07) is 13.4. The third-order valence-electron chi connectivity index (χ3n) is 5.24. The summed E-state index contributed by atoms with van der Waals surface area (Å²) in [5.74, 6) is -0.426. The van der Waals surface area contributed by atoms with E-state index in [9.17, 15) is 14.0 Å². The lowest BCUT2D eigenvalue weighted by Gasteiger charge is -2.31. The molecule has 7 nitrogen and oxygen atoms in total. The molecule has 0 fully saturated rings. The van der Waals surface area contributed by atoms with E-state index in [0.717, 1.165) is 16.6 Å². The van der Waals surface area contributed by atoms with Gasteiger partial charge in [-0.25, -0.2) is 4.39 Å². The number of rotatable bonds is 4. The average Bonchev–Trinajstić information content (AvgIpc) is 3.33. The van der Waals surface area contributed by atoms with Crippen molar-refractivity contribution in [1.29, 1.82) is 0 Å². The van der Waals surface area contributed by atoms with Gasteiger partial charge in [0.1, 0.15) is 5.82 Å². The van der Waals surface area contributed by atoms with E-state index >= 15 is 0 Å². The van der Waals surface area contributed by atoms with Gasteiger partial charge in [-0.05, 0) is 37.3 Å². The maximum absolute atomic E-state index is 13.2. The summed E-state index contributed by atoms with van der Waals surface area (Å²) in [7, 11) is 0. The van der Waals surface area contributed by atoms with Crippen LogP contribution in [-0.2, 0) is 4.79 Å². The van der Waals surface area contributed by atoms with Gasteiger partial charge in [0.05, 0.1) is 5.75 Å². The Morgan fingerprint density at radius 2 is 1.94 bits per heavy atom. The predicted molar refractivity (Wildman–Crippen MR) is 119 cm³/mol. The third kappa shape index (κ3) is 3.36. The number of amides is 1. The van der Waals surface area contributed by atoms with Crippen molar-refractivity contribution >= 4 is 45.2 Å². The number of nitrogens with one attached hydrogen (secondary N) is 2. The average molecular weight is 435 g/mol. The van der Waals surface area contributed by atoms with Gasteiger partial charge in [-0.2, -0.15) is 5.10 Å². The molecule has 0 saturated carbocycles. The number of benzene rings is 2. The second kappa shape index (κ2) is 7.59. The van der Waals surface area contributed by atoms with E-state index in [1.165, 1.54) is 28.8 Å². The van der Waals surface area contributed by atoms with E-state index in [4.69, 9.17) is 0 Å². The molecule has 2 aliphatic heterocycles. The molecule has 156 valence electrons. The molecule has 9 heteroatoms. The van der Waals surface area contributed by atoms with Crippen molar-refractivity contribution in [2.75, 3.05) is 10.7 Å².